The molecule has 34 heavy (non-hydrogen) atoms. The van der Waals surface area contributed by atoms with E-state index in [9.17, 15) is 9.59 Å². The predicted molar refractivity (Wildman–Crippen MR) is 137 cm³/mol. The van der Waals surface area contributed by atoms with E-state index in [1.54, 1.807) is 24.3 Å². The number of nitrogens with one attached hydrogen (secondary N) is 2. The molecule has 0 radical (unpaired) electrons. The van der Waals surface area contributed by atoms with E-state index in [4.69, 9.17) is 11.6 Å². The van der Waals surface area contributed by atoms with Gasteiger partial charge < -0.3 is 15.2 Å². The van der Waals surface area contributed by atoms with Crippen molar-refractivity contribution in [3.63, 3.8) is 0 Å². The van der Waals surface area contributed by atoms with E-state index < -0.39 is 0 Å². The molecule has 0 aliphatic heterocycles. The third kappa shape index (κ3) is 6.18. The zero-order valence-corrected chi connectivity index (χ0v) is 21.6. The van der Waals surface area contributed by atoms with Crippen LogP contribution in [0.2, 0.25) is 5.02 Å². The molecule has 9 heteroatoms. The molecule has 1 heterocycles. The van der Waals surface area contributed by atoms with Crippen molar-refractivity contribution in [2.75, 3.05) is 11.1 Å². The number of aromatic nitrogens is 3. The van der Waals surface area contributed by atoms with E-state index in [1.165, 1.54) is 17.3 Å². The second-order valence-electron chi connectivity index (χ2n) is 8.40. The Labute approximate surface area is 209 Å². The molecule has 0 saturated carbocycles. The number of rotatable bonds is 9. The summed E-state index contributed by atoms with van der Waals surface area (Å²) in [6, 6.07) is 12.4. The zero-order chi connectivity index (χ0) is 24.8. The van der Waals surface area contributed by atoms with Gasteiger partial charge in [0, 0.05) is 12.2 Å². The van der Waals surface area contributed by atoms with Crippen molar-refractivity contribution in [1.82, 2.24) is 20.1 Å². The Bertz CT molecular complexity index is 1180. The molecule has 0 fully saturated rings. The predicted octanol–water partition coefficient (Wildman–Crippen LogP) is 5.43. The van der Waals surface area contributed by atoms with Crippen LogP contribution in [-0.2, 0) is 11.3 Å². The molecule has 7 nitrogen and oxygen atoms in total. The number of hydrogen-bond donors (Lipinski definition) is 2. The first-order valence-corrected chi connectivity index (χ1v) is 12.6. The van der Waals surface area contributed by atoms with E-state index in [0.29, 0.717) is 28.1 Å². The van der Waals surface area contributed by atoms with Crippen molar-refractivity contribution in [3.05, 3.63) is 70.0 Å². The molecular formula is C25H30ClN5O2S. The molecule has 0 aliphatic carbocycles. The number of anilines is 1. The molecule has 3 rings (SSSR count). The number of halogens is 1. The van der Waals surface area contributed by atoms with E-state index in [2.05, 4.69) is 20.8 Å². The van der Waals surface area contributed by atoms with E-state index in [-0.39, 0.29) is 29.5 Å². The number of benzene rings is 2. The van der Waals surface area contributed by atoms with Crippen molar-refractivity contribution in [1.29, 1.82) is 0 Å². The maximum absolute atomic E-state index is 12.9. The van der Waals surface area contributed by atoms with E-state index in [1.807, 2.05) is 57.4 Å². The van der Waals surface area contributed by atoms with Crippen molar-refractivity contribution in [2.45, 2.75) is 52.4 Å². The van der Waals surface area contributed by atoms with Crippen LogP contribution in [0.15, 0.2) is 47.6 Å². The summed E-state index contributed by atoms with van der Waals surface area (Å²) in [6.07, 6.45) is 0. The van der Waals surface area contributed by atoms with Crippen LogP contribution in [0, 0.1) is 19.8 Å². The van der Waals surface area contributed by atoms with Gasteiger partial charge in [-0.25, -0.2) is 0 Å². The van der Waals surface area contributed by atoms with Crippen LogP contribution in [0.4, 0.5) is 5.69 Å². The summed E-state index contributed by atoms with van der Waals surface area (Å²) >= 11 is 7.52. The van der Waals surface area contributed by atoms with E-state index in [0.717, 1.165) is 11.3 Å². The van der Waals surface area contributed by atoms with Gasteiger partial charge in [0.1, 0.15) is 0 Å². The number of thioether (sulfide) groups is 1. The van der Waals surface area contributed by atoms with Gasteiger partial charge in [-0.1, -0.05) is 55.4 Å². The first-order valence-electron chi connectivity index (χ1n) is 11.2. The molecule has 180 valence electrons. The lowest BCUT2D eigenvalue weighted by Gasteiger charge is -2.22. The van der Waals surface area contributed by atoms with Gasteiger partial charge in [0.2, 0.25) is 5.91 Å². The summed E-state index contributed by atoms with van der Waals surface area (Å²) in [5, 5.41) is 15.7. The van der Waals surface area contributed by atoms with Crippen molar-refractivity contribution in [3.8, 4) is 0 Å². The SMILES string of the molecule is CCn1c(SCC(=O)Nc2ccc(C)c(C)c2)nnc1[C@H](NC(=O)c1ccccc1Cl)C(C)C. The van der Waals surface area contributed by atoms with Crippen LogP contribution in [0.3, 0.4) is 0 Å². The summed E-state index contributed by atoms with van der Waals surface area (Å²) < 4.78 is 1.94. The zero-order valence-electron chi connectivity index (χ0n) is 20.1. The highest BCUT2D eigenvalue weighted by atomic mass is 35.5. The number of carbonyl (C=O) groups excluding carboxylic acids is 2. The lowest BCUT2D eigenvalue weighted by atomic mass is 10.0. The Morgan fingerprint density at radius 1 is 1.09 bits per heavy atom. The summed E-state index contributed by atoms with van der Waals surface area (Å²) in [4.78, 5) is 25.4. The number of hydrogen-bond acceptors (Lipinski definition) is 5. The number of carbonyl (C=O) groups is 2. The molecule has 2 N–H and O–H groups in total. The van der Waals surface area contributed by atoms with Crippen molar-refractivity contribution in [2.24, 2.45) is 5.92 Å². The minimum atomic E-state index is -0.366. The summed E-state index contributed by atoms with van der Waals surface area (Å²) in [5.41, 5.74) is 3.49. The Morgan fingerprint density at radius 2 is 1.82 bits per heavy atom. The molecule has 2 amide bonds. The van der Waals surface area contributed by atoms with Crippen LogP contribution in [0.1, 0.15) is 54.1 Å². The molecule has 0 aliphatic rings. The van der Waals surface area contributed by atoms with Crippen LogP contribution >= 0.6 is 23.4 Å². The topological polar surface area (TPSA) is 88.9 Å². The first kappa shape index (κ1) is 25.8. The minimum Gasteiger partial charge on any atom is -0.342 e. The minimum absolute atomic E-state index is 0.0619. The Morgan fingerprint density at radius 3 is 2.47 bits per heavy atom. The van der Waals surface area contributed by atoms with Gasteiger partial charge in [0.05, 0.1) is 22.4 Å². The van der Waals surface area contributed by atoms with Crippen LogP contribution < -0.4 is 10.6 Å². The summed E-state index contributed by atoms with van der Waals surface area (Å²) in [7, 11) is 0. The smallest absolute Gasteiger partial charge is 0.253 e. The summed E-state index contributed by atoms with van der Waals surface area (Å²) in [5.74, 6) is 0.523. The second-order valence-corrected chi connectivity index (χ2v) is 9.75. The highest BCUT2D eigenvalue weighted by Gasteiger charge is 2.26. The molecule has 0 saturated heterocycles. The van der Waals surface area contributed by atoms with Gasteiger partial charge in [0.15, 0.2) is 11.0 Å². The fourth-order valence-electron chi connectivity index (χ4n) is 3.47. The largest absolute Gasteiger partial charge is 0.342 e. The van der Waals surface area contributed by atoms with Crippen molar-refractivity contribution < 1.29 is 9.59 Å². The normalized spacial score (nSPS) is 12.0. The van der Waals surface area contributed by atoms with Crippen LogP contribution in [0.5, 0.6) is 0 Å². The van der Waals surface area contributed by atoms with Crippen molar-refractivity contribution >= 4 is 40.9 Å². The lowest BCUT2D eigenvalue weighted by molar-refractivity contribution is -0.113. The third-order valence-electron chi connectivity index (χ3n) is 5.53. The summed E-state index contributed by atoms with van der Waals surface area (Å²) in [6.45, 7) is 10.7. The van der Waals surface area contributed by atoms with Gasteiger partial charge in [-0.2, -0.15) is 0 Å². The Hall–Kier alpha value is -2.84. The molecule has 0 unspecified atom stereocenters. The van der Waals surface area contributed by atoms with Crippen LogP contribution in [-0.4, -0.2) is 32.3 Å². The van der Waals surface area contributed by atoms with Gasteiger partial charge in [-0.3, -0.25) is 9.59 Å². The fraction of sp³-hybridized carbons (Fsp3) is 0.360. The standard InChI is InChI=1S/C25H30ClN5O2S/c1-6-31-23(22(15(2)3)28-24(33)19-9-7-8-10-20(19)26)29-30-25(31)34-14-21(32)27-18-12-11-16(4)17(5)13-18/h7-13,15,22H,6,14H2,1-5H3,(H,27,32)(H,28,33)/t22-/m1/s1. The highest BCUT2D eigenvalue weighted by molar-refractivity contribution is 7.99. The molecule has 1 atom stereocenters. The molecule has 0 spiro atoms. The first-order chi connectivity index (χ1) is 16.2. The third-order valence-corrected chi connectivity index (χ3v) is 6.83. The molecule has 0 bridgehead atoms. The average molecular weight is 500 g/mol. The molecule has 3 aromatic rings. The molecule has 2 aromatic carbocycles. The van der Waals surface area contributed by atoms with E-state index >= 15 is 0 Å². The number of nitrogens with zero attached hydrogens (tertiary/aromatic N) is 3. The Balaban J connectivity index is 1.72. The maximum Gasteiger partial charge on any atom is 0.253 e. The van der Waals surface area contributed by atoms with Gasteiger partial charge in [-0.05, 0) is 62.1 Å². The van der Waals surface area contributed by atoms with Gasteiger partial charge >= 0.3 is 0 Å². The molecule has 1 aromatic heterocycles. The second kappa shape index (κ2) is 11.5. The van der Waals surface area contributed by atoms with Gasteiger partial charge in [0.25, 0.3) is 5.91 Å². The number of amides is 2. The Kier molecular flexibility index (Phi) is 8.74. The fourth-order valence-corrected chi connectivity index (χ4v) is 4.51. The maximum atomic E-state index is 12.9. The van der Waals surface area contributed by atoms with Gasteiger partial charge in [-0.15, -0.1) is 10.2 Å². The number of aryl methyl sites for hydroxylation is 2. The highest BCUT2D eigenvalue weighted by Crippen LogP contribution is 2.26. The lowest BCUT2D eigenvalue weighted by Crippen LogP contribution is -2.34. The molecular weight excluding hydrogens is 470 g/mol. The van der Waals surface area contributed by atoms with Crippen LogP contribution in [0.25, 0.3) is 0 Å². The average Bonchev–Trinajstić information content (AvgIpc) is 3.21. The quantitative estimate of drug-likeness (QED) is 0.383. The monoisotopic (exact) mass is 499 g/mol.